The third-order valence-corrected chi connectivity index (χ3v) is 6.94. The van der Waals surface area contributed by atoms with Gasteiger partial charge >= 0.3 is 0 Å². The van der Waals surface area contributed by atoms with Gasteiger partial charge in [-0.1, -0.05) is 71.7 Å². The minimum atomic E-state index is -0.329. The van der Waals surface area contributed by atoms with E-state index in [0.29, 0.717) is 27.9 Å². The summed E-state index contributed by atoms with van der Waals surface area (Å²) in [5, 5.41) is 4.77. The quantitative estimate of drug-likeness (QED) is 0.370. The first-order valence-electron chi connectivity index (χ1n) is 9.84. The van der Waals surface area contributed by atoms with Crippen LogP contribution in [0, 0.1) is 0 Å². The molecule has 1 fully saturated rings. The van der Waals surface area contributed by atoms with E-state index in [0.717, 1.165) is 16.7 Å². The second kappa shape index (κ2) is 10.2. The highest BCUT2D eigenvalue weighted by atomic mass is 35.5. The van der Waals surface area contributed by atoms with Crippen molar-refractivity contribution in [1.82, 2.24) is 10.3 Å². The third kappa shape index (κ3) is 5.33. The second-order valence-electron chi connectivity index (χ2n) is 7.17. The van der Waals surface area contributed by atoms with Crippen LogP contribution in [0.4, 0.5) is 0 Å². The smallest absolute Gasteiger partial charge is 0.271 e. The Bertz CT molecular complexity index is 1150. The minimum Gasteiger partial charge on any atom is -0.322 e. The zero-order chi connectivity index (χ0) is 22.5. The van der Waals surface area contributed by atoms with E-state index in [1.165, 1.54) is 6.21 Å². The van der Waals surface area contributed by atoms with Crippen LogP contribution < -0.4 is 5.43 Å². The van der Waals surface area contributed by atoms with Crippen LogP contribution in [0.15, 0.2) is 77.9 Å². The Balaban J connectivity index is 1.40. The van der Waals surface area contributed by atoms with Crippen LogP contribution in [-0.4, -0.2) is 28.7 Å². The SMILES string of the molecule is O=C(NN=Cc1ccc(Cl)c(Cl)c1)c1ccc(C2SCC(=O)N2Cc2ccccc2)cc1. The third-order valence-electron chi connectivity index (χ3n) is 4.95. The van der Waals surface area contributed by atoms with Crippen molar-refractivity contribution in [2.75, 3.05) is 5.75 Å². The zero-order valence-corrected chi connectivity index (χ0v) is 19.2. The molecule has 3 aromatic rings. The summed E-state index contributed by atoms with van der Waals surface area (Å²) in [6.45, 7) is 0.559. The zero-order valence-electron chi connectivity index (χ0n) is 16.9. The highest BCUT2D eigenvalue weighted by Gasteiger charge is 2.32. The fraction of sp³-hybridized carbons (Fsp3) is 0.125. The predicted molar refractivity (Wildman–Crippen MR) is 130 cm³/mol. The molecule has 162 valence electrons. The van der Waals surface area contributed by atoms with E-state index in [1.54, 1.807) is 42.1 Å². The molecule has 1 N–H and O–H groups in total. The number of hydrazone groups is 1. The maximum atomic E-state index is 12.4. The number of benzene rings is 3. The van der Waals surface area contributed by atoms with Gasteiger partial charge in [0.25, 0.3) is 5.91 Å². The molecule has 1 saturated heterocycles. The summed E-state index contributed by atoms with van der Waals surface area (Å²) in [4.78, 5) is 26.7. The number of amides is 2. The molecule has 0 saturated carbocycles. The maximum absolute atomic E-state index is 12.4. The van der Waals surface area contributed by atoms with Gasteiger partial charge in [-0.15, -0.1) is 11.8 Å². The van der Waals surface area contributed by atoms with Crippen LogP contribution in [0.2, 0.25) is 10.0 Å². The Kier molecular flexibility index (Phi) is 7.15. The van der Waals surface area contributed by atoms with Gasteiger partial charge in [0.2, 0.25) is 5.91 Å². The standard InChI is InChI=1S/C24H19Cl2N3O2S/c25-20-11-6-17(12-21(20)26)13-27-28-23(31)18-7-9-19(10-8-18)24-29(22(30)15-32-24)14-16-4-2-1-3-5-16/h1-13,24H,14-15H2,(H,28,31). The minimum absolute atomic E-state index is 0.0764. The van der Waals surface area contributed by atoms with Gasteiger partial charge in [0.1, 0.15) is 5.37 Å². The van der Waals surface area contributed by atoms with Crippen molar-refractivity contribution in [3.05, 3.63) is 105 Å². The molecule has 1 heterocycles. The second-order valence-corrected chi connectivity index (χ2v) is 9.05. The molecular formula is C24H19Cl2N3O2S. The van der Waals surface area contributed by atoms with E-state index in [1.807, 2.05) is 47.4 Å². The molecule has 1 atom stereocenters. The van der Waals surface area contributed by atoms with Crippen molar-refractivity contribution in [2.45, 2.75) is 11.9 Å². The van der Waals surface area contributed by atoms with Crippen molar-refractivity contribution < 1.29 is 9.59 Å². The average Bonchev–Trinajstić information content (AvgIpc) is 3.17. The summed E-state index contributed by atoms with van der Waals surface area (Å²) >= 11 is 13.5. The number of nitrogens with one attached hydrogen (secondary N) is 1. The van der Waals surface area contributed by atoms with Crippen LogP contribution in [0.5, 0.6) is 0 Å². The van der Waals surface area contributed by atoms with E-state index in [2.05, 4.69) is 10.5 Å². The van der Waals surface area contributed by atoms with Gasteiger partial charge in [-0.3, -0.25) is 9.59 Å². The fourth-order valence-electron chi connectivity index (χ4n) is 3.30. The van der Waals surface area contributed by atoms with E-state index in [9.17, 15) is 9.59 Å². The van der Waals surface area contributed by atoms with Crippen LogP contribution in [0.1, 0.15) is 32.4 Å². The Morgan fingerprint density at radius 1 is 1.06 bits per heavy atom. The van der Waals surface area contributed by atoms with Gasteiger partial charge in [-0.25, -0.2) is 5.43 Å². The summed E-state index contributed by atoms with van der Waals surface area (Å²) in [6, 6.07) is 22.2. The van der Waals surface area contributed by atoms with E-state index in [4.69, 9.17) is 23.2 Å². The van der Waals surface area contributed by atoms with Gasteiger partial charge in [0, 0.05) is 12.1 Å². The summed E-state index contributed by atoms with van der Waals surface area (Å²) < 4.78 is 0. The number of hydrogen-bond donors (Lipinski definition) is 1. The average molecular weight is 484 g/mol. The molecule has 1 unspecified atom stereocenters. The lowest BCUT2D eigenvalue weighted by Gasteiger charge is -2.24. The molecule has 3 aromatic carbocycles. The van der Waals surface area contributed by atoms with Crippen molar-refractivity contribution >= 4 is 53.0 Å². The van der Waals surface area contributed by atoms with Gasteiger partial charge < -0.3 is 4.90 Å². The largest absolute Gasteiger partial charge is 0.322 e. The van der Waals surface area contributed by atoms with Crippen LogP contribution in [0.25, 0.3) is 0 Å². The number of halogens is 2. The molecule has 5 nitrogen and oxygen atoms in total. The number of carbonyl (C=O) groups is 2. The molecule has 4 rings (SSSR count). The Labute approximate surface area is 200 Å². The molecule has 0 radical (unpaired) electrons. The van der Waals surface area contributed by atoms with Gasteiger partial charge in [-0.05, 0) is 41.0 Å². The van der Waals surface area contributed by atoms with Crippen molar-refractivity contribution in [1.29, 1.82) is 0 Å². The first-order chi connectivity index (χ1) is 15.5. The molecule has 0 aromatic heterocycles. The first kappa shape index (κ1) is 22.4. The molecule has 1 aliphatic heterocycles. The fourth-order valence-corrected chi connectivity index (χ4v) is 4.80. The highest BCUT2D eigenvalue weighted by Crippen LogP contribution is 2.39. The van der Waals surface area contributed by atoms with E-state index in [-0.39, 0.29) is 17.2 Å². The lowest BCUT2D eigenvalue weighted by molar-refractivity contribution is -0.128. The first-order valence-corrected chi connectivity index (χ1v) is 11.6. The summed E-state index contributed by atoms with van der Waals surface area (Å²) in [7, 11) is 0. The van der Waals surface area contributed by atoms with Crippen LogP contribution in [0.3, 0.4) is 0 Å². The molecular weight excluding hydrogens is 465 g/mol. The molecule has 0 spiro atoms. The number of rotatable bonds is 6. The molecule has 32 heavy (non-hydrogen) atoms. The Morgan fingerprint density at radius 3 is 2.53 bits per heavy atom. The normalized spacial score (nSPS) is 16.0. The van der Waals surface area contributed by atoms with Crippen molar-refractivity contribution in [3.63, 3.8) is 0 Å². The molecule has 0 aliphatic carbocycles. The van der Waals surface area contributed by atoms with Gasteiger partial charge in [-0.2, -0.15) is 5.10 Å². The summed E-state index contributed by atoms with van der Waals surface area (Å²) in [6.07, 6.45) is 1.50. The molecule has 0 bridgehead atoms. The molecule has 2 amide bonds. The highest BCUT2D eigenvalue weighted by molar-refractivity contribution is 8.00. The summed E-state index contributed by atoms with van der Waals surface area (Å²) in [5.74, 6) is 0.231. The number of carbonyl (C=O) groups excluding carboxylic acids is 2. The Hall–Kier alpha value is -2.80. The topological polar surface area (TPSA) is 61.8 Å². The van der Waals surface area contributed by atoms with Crippen LogP contribution in [-0.2, 0) is 11.3 Å². The Morgan fingerprint density at radius 2 is 1.81 bits per heavy atom. The van der Waals surface area contributed by atoms with E-state index < -0.39 is 0 Å². The van der Waals surface area contributed by atoms with Crippen molar-refractivity contribution in [3.8, 4) is 0 Å². The number of hydrogen-bond acceptors (Lipinski definition) is 4. The van der Waals surface area contributed by atoms with Gasteiger partial charge in [0.05, 0.1) is 22.0 Å². The number of nitrogens with zero attached hydrogens (tertiary/aromatic N) is 2. The molecule has 8 heteroatoms. The summed E-state index contributed by atoms with van der Waals surface area (Å²) in [5.41, 5.74) is 5.77. The maximum Gasteiger partial charge on any atom is 0.271 e. The van der Waals surface area contributed by atoms with Gasteiger partial charge in [0.15, 0.2) is 0 Å². The molecule has 1 aliphatic rings. The number of thioether (sulfide) groups is 1. The van der Waals surface area contributed by atoms with Crippen LogP contribution >= 0.6 is 35.0 Å². The predicted octanol–water partition coefficient (Wildman–Crippen LogP) is 5.53. The lowest BCUT2D eigenvalue weighted by atomic mass is 10.1. The van der Waals surface area contributed by atoms with E-state index >= 15 is 0 Å². The van der Waals surface area contributed by atoms with Crippen molar-refractivity contribution in [2.24, 2.45) is 5.10 Å². The lowest BCUT2D eigenvalue weighted by Crippen LogP contribution is -2.27. The monoisotopic (exact) mass is 483 g/mol.